The quantitative estimate of drug-likeness (QED) is 0.611. The number of nitrogens with zero attached hydrogens (tertiary/aromatic N) is 2. The number of carbonyl (C=O) groups is 1. The van der Waals surface area contributed by atoms with Crippen LogP contribution in [0.15, 0.2) is 0 Å². The van der Waals surface area contributed by atoms with Gasteiger partial charge in [0.2, 0.25) is 0 Å². The molecule has 2 aliphatic heterocycles. The maximum atomic E-state index is 12.2. The maximum absolute atomic E-state index is 12.2. The minimum absolute atomic E-state index is 0.0452. The van der Waals surface area contributed by atoms with Gasteiger partial charge < -0.3 is 14.6 Å². The Bertz CT molecular complexity index is 796. The van der Waals surface area contributed by atoms with Gasteiger partial charge in [-0.05, 0) is 100.0 Å². The molecule has 0 spiro atoms. The molecule has 0 amide bonds. The van der Waals surface area contributed by atoms with Crippen molar-refractivity contribution in [3.8, 4) is 0 Å². The lowest BCUT2D eigenvalue weighted by Gasteiger charge is -2.62. The number of morpholine rings is 1. The first-order chi connectivity index (χ1) is 16.8. The highest BCUT2D eigenvalue weighted by Gasteiger charge is 2.65. The standard InChI is InChI=1S/C29H48N2O4/c1-19(32)35-27-24(30-10-4-5-11-30)17-23-21-7-6-20-16-26(33)25(31-12-14-34-15-13-31)18-29(20,3)22(21)8-9-28(23,27)2/h20-27,33H,4-18H2,1-3H3/t20?,21?,22?,23?,24?,25-,26-,27-,28-,29-/m0/s1. The summed E-state index contributed by atoms with van der Waals surface area (Å²) in [6, 6.07) is 0.678. The Hall–Kier alpha value is -0.690. The first-order valence-electron chi connectivity index (χ1n) is 14.7. The van der Waals surface area contributed by atoms with Crippen LogP contribution in [0.3, 0.4) is 0 Å². The molecule has 4 saturated carbocycles. The van der Waals surface area contributed by atoms with Crippen LogP contribution in [0.1, 0.15) is 78.6 Å². The zero-order valence-corrected chi connectivity index (χ0v) is 22.3. The Morgan fingerprint density at radius 2 is 1.63 bits per heavy atom. The van der Waals surface area contributed by atoms with Crippen LogP contribution in [0.2, 0.25) is 0 Å². The van der Waals surface area contributed by atoms with Crippen LogP contribution in [-0.2, 0) is 14.3 Å². The van der Waals surface area contributed by atoms with Crippen LogP contribution < -0.4 is 0 Å². The summed E-state index contributed by atoms with van der Waals surface area (Å²) in [7, 11) is 0. The van der Waals surface area contributed by atoms with E-state index in [1.807, 2.05) is 0 Å². The van der Waals surface area contributed by atoms with E-state index in [1.165, 1.54) is 44.9 Å². The molecule has 6 rings (SSSR count). The summed E-state index contributed by atoms with van der Waals surface area (Å²) >= 11 is 0. The van der Waals surface area contributed by atoms with E-state index in [9.17, 15) is 9.90 Å². The van der Waals surface area contributed by atoms with Gasteiger partial charge in [0, 0.05) is 37.5 Å². The Balaban J connectivity index is 1.27. The zero-order valence-electron chi connectivity index (χ0n) is 22.3. The molecule has 6 aliphatic rings. The Labute approximate surface area is 212 Å². The van der Waals surface area contributed by atoms with Gasteiger partial charge in [0.15, 0.2) is 0 Å². The number of hydrogen-bond acceptors (Lipinski definition) is 6. The number of fused-ring (bicyclic) bond motifs is 5. The van der Waals surface area contributed by atoms with Gasteiger partial charge in [0.05, 0.1) is 19.3 Å². The molecule has 0 radical (unpaired) electrons. The van der Waals surface area contributed by atoms with E-state index < -0.39 is 0 Å². The number of carbonyl (C=O) groups excluding carboxylic acids is 1. The molecule has 0 aromatic carbocycles. The van der Waals surface area contributed by atoms with Crippen LogP contribution in [-0.4, -0.2) is 84.6 Å². The molecule has 1 N–H and O–H groups in total. The summed E-state index contributed by atoms with van der Waals surface area (Å²) in [6.45, 7) is 12.5. The maximum Gasteiger partial charge on any atom is 0.302 e. The number of aliphatic hydroxyl groups excluding tert-OH is 1. The number of aliphatic hydroxyl groups is 1. The summed E-state index contributed by atoms with van der Waals surface area (Å²) in [4.78, 5) is 17.4. The largest absolute Gasteiger partial charge is 0.460 e. The second-order valence-corrected chi connectivity index (χ2v) is 13.5. The lowest BCUT2D eigenvalue weighted by Crippen LogP contribution is -2.61. The molecule has 2 saturated heterocycles. The monoisotopic (exact) mass is 488 g/mol. The lowest BCUT2D eigenvalue weighted by atomic mass is 9.44. The predicted molar refractivity (Wildman–Crippen MR) is 135 cm³/mol. The van der Waals surface area contributed by atoms with Crippen molar-refractivity contribution < 1.29 is 19.4 Å². The molecule has 6 fully saturated rings. The highest BCUT2D eigenvalue weighted by atomic mass is 16.5. The normalized spacial score (nSPS) is 50.9. The third-order valence-corrected chi connectivity index (χ3v) is 12.0. The highest BCUT2D eigenvalue weighted by Crippen LogP contribution is 2.67. The second-order valence-electron chi connectivity index (χ2n) is 13.5. The molecule has 0 aromatic rings. The Morgan fingerprint density at radius 1 is 0.914 bits per heavy atom. The van der Waals surface area contributed by atoms with Crippen molar-refractivity contribution in [3.63, 3.8) is 0 Å². The average molecular weight is 489 g/mol. The van der Waals surface area contributed by atoms with E-state index in [-0.39, 0.29) is 29.6 Å². The summed E-state index contributed by atoms with van der Waals surface area (Å²) in [6.07, 6.45) is 10.7. The minimum atomic E-state index is -0.198. The summed E-state index contributed by atoms with van der Waals surface area (Å²) in [5.74, 6) is 2.63. The fourth-order valence-electron chi connectivity index (χ4n) is 10.3. The van der Waals surface area contributed by atoms with Crippen LogP contribution in [0.5, 0.6) is 0 Å². The molecular weight excluding hydrogens is 440 g/mol. The van der Waals surface area contributed by atoms with Gasteiger partial charge in [-0.2, -0.15) is 0 Å². The fourth-order valence-corrected chi connectivity index (χ4v) is 10.3. The number of rotatable bonds is 3. The Kier molecular flexibility index (Phi) is 6.51. The molecule has 35 heavy (non-hydrogen) atoms. The van der Waals surface area contributed by atoms with Crippen LogP contribution in [0.25, 0.3) is 0 Å². The molecule has 2 heterocycles. The number of esters is 1. The van der Waals surface area contributed by atoms with E-state index in [1.54, 1.807) is 6.92 Å². The Morgan fingerprint density at radius 3 is 2.34 bits per heavy atom. The summed E-state index contributed by atoms with van der Waals surface area (Å²) in [5, 5.41) is 11.2. The van der Waals surface area contributed by atoms with Crippen LogP contribution >= 0.6 is 0 Å². The SMILES string of the molecule is CC(=O)O[C@H]1C(N2CCCC2)CC2C3CCC4C[C@H](O)[C@@H](N5CCOCC5)C[C@]4(C)C3CC[C@@]21C. The molecule has 5 unspecified atom stereocenters. The minimum Gasteiger partial charge on any atom is -0.460 e. The van der Waals surface area contributed by atoms with E-state index in [2.05, 4.69) is 23.6 Å². The van der Waals surface area contributed by atoms with Crippen molar-refractivity contribution in [2.45, 2.75) is 103 Å². The van der Waals surface area contributed by atoms with Gasteiger partial charge in [0.1, 0.15) is 6.10 Å². The van der Waals surface area contributed by atoms with E-state index in [0.717, 1.165) is 64.1 Å². The van der Waals surface area contributed by atoms with Crippen molar-refractivity contribution in [2.75, 3.05) is 39.4 Å². The predicted octanol–water partition coefficient (Wildman–Crippen LogP) is 3.71. The lowest BCUT2D eigenvalue weighted by molar-refractivity contribution is -0.172. The molecular formula is C29H48N2O4. The van der Waals surface area contributed by atoms with Crippen LogP contribution in [0, 0.1) is 34.5 Å². The third kappa shape index (κ3) is 4.00. The second kappa shape index (κ2) is 9.25. The molecule has 6 heteroatoms. The molecule has 4 aliphatic carbocycles. The van der Waals surface area contributed by atoms with Gasteiger partial charge >= 0.3 is 5.97 Å². The molecule has 198 valence electrons. The topological polar surface area (TPSA) is 62.2 Å². The van der Waals surface area contributed by atoms with E-state index in [4.69, 9.17) is 9.47 Å². The zero-order chi connectivity index (χ0) is 24.4. The molecule has 10 atom stereocenters. The smallest absolute Gasteiger partial charge is 0.302 e. The van der Waals surface area contributed by atoms with E-state index >= 15 is 0 Å². The number of hydrogen-bond donors (Lipinski definition) is 1. The molecule has 6 nitrogen and oxygen atoms in total. The van der Waals surface area contributed by atoms with Gasteiger partial charge in [-0.25, -0.2) is 0 Å². The van der Waals surface area contributed by atoms with Crippen LogP contribution in [0.4, 0.5) is 0 Å². The summed E-state index contributed by atoms with van der Waals surface area (Å²) < 4.78 is 11.8. The summed E-state index contributed by atoms with van der Waals surface area (Å²) in [5.41, 5.74) is 0.399. The van der Waals surface area contributed by atoms with Gasteiger partial charge in [-0.3, -0.25) is 14.6 Å². The number of ether oxygens (including phenoxy) is 2. The van der Waals surface area contributed by atoms with E-state index in [0.29, 0.717) is 23.3 Å². The van der Waals surface area contributed by atoms with Crippen molar-refractivity contribution in [1.29, 1.82) is 0 Å². The third-order valence-electron chi connectivity index (χ3n) is 12.0. The van der Waals surface area contributed by atoms with Crippen molar-refractivity contribution in [1.82, 2.24) is 9.80 Å². The number of likely N-dealkylation sites (tertiary alicyclic amines) is 1. The molecule has 0 aromatic heterocycles. The van der Waals surface area contributed by atoms with Gasteiger partial charge in [-0.15, -0.1) is 0 Å². The fraction of sp³-hybridized carbons (Fsp3) is 0.966. The first kappa shape index (κ1) is 24.6. The van der Waals surface area contributed by atoms with Gasteiger partial charge in [-0.1, -0.05) is 13.8 Å². The van der Waals surface area contributed by atoms with Crippen molar-refractivity contribution in [3.05, 3.63) is 0 Å². The van der Waals surface area contributed by atoms with Crippen molar-refractivity contribution >= 4 is 5.97 Å². The highest BCUT2D eigenvalue weighted by molar-refractivity contribution is 5.66. The van der Waals surface area contributed by atoms with Gasteiger partial charge in [0.25, 0.3) is 0 Å². The first-order valence-corrected chi connectivity index (χ1v) is 14.7. The molecule has 0 bridgehead atoms. The average Bonchev–Trinajstić information content (AvgIpc) is 3.46. The van der Waals surface area contributed by atoms with Crippen molar-refractivity contribution in [2.24, 2.45) is 34.5 Å².